The van der Waals surface area contributed by atoms with E-state index in [0.29, 0.717) is 5.57 Å². The topological polar surface area (TPSA) is 184 Å². The Labute approximate surface area is 250 Å². The summed E-state index contributed by atoms with van der Waals surface area (Å²) in [5.41, 5.74) is -5.73. The lowest BCUT2D eigenvalue weighted by molar-refractivity contribution is -0.283. The van der Waals surface area contributed by atoms with Gasteiger partial charge in [-0.05, 0) is 18.1 Å². The zero-order chi connectivity index (χ0) is 32.4. The number of fused-ring (bicyclic) bond motifs is 4. The molecule has 1 heterocycles. The Kier molecular flexibility index (Phi) is 8.29. The van der Waals surface area contributed by atoms with Crippen LogP contribution in [-0.4, -0.2) is 94.5 Å². The van der Waals surface area contributed by atoms with Gasteiger partial charge in [-0.25, -0.2) is 0 Å². The molecule has 1 spiro atoms. The average molecular weight is 611 g/mol. The monoisotopic (exact) mass is 610 g/mol. The summed E-state index contributed by atoms with van der Waals surface area (Å²) >= 11 is 0. The van der Waals surface area contributed by atoms with E-state index in [1.165, 1.54) is 27.7 Å². The number of aliphatic hydroxyl groups is 2. The first-order chi connectivity index (χ1) is 19.7. The fourth-order valence-electron chi connectivity index (χ4n) is 8.10. The van der Waals surface area contributed by atoms with Crippen LogP contribution < -0.4 is 0 Å². The molecule has 43 heavy (non-hydrogen) atoms. The Morgan fingerprint density at radius 1 is 0.791 bits per heavy atom. The van der Waals surface area contributed by atoms with Gasteiger partial charge in [0.05, 0.1) is 18.1 Å². The van der Waals surface area contributed by atoms with Crippen LogP contribution in [0.4, 0.5) is 0 Å². The Bertz CT molecular complexity index is 1250. The first-order valence-corrected chi connectivity index (χ1v) is 14.4. The summed E-state index contributed by atoms with van der Waals surface area (Å²) in [6, 6.07) is 0. The molecule has 2 saturated carbocycles. The number of hydrogen-bond donors (Lipinski definition) is 2. The summed E-state index contributed by atoms with van der Waals surface area (Å²) in [4.78, 5) is 63.0. The van der Waals surface area contributed by atoms with Crippen LogP contribution in [0.5, 0.6) is 0 Å². The highest BCUT2D eigenvalue weighted by molar-refractivity contribution is 5.70. The molecule has 0 aromatic rings. The van der Waals surface area contributed by atoms with Crippen LogP contribution >= 0.6 is 0 Å². The van der Waals surface area contributed by atoms with Gasteiger partial charge in [-0.1, -0.05) is 20.8 Å². The summed E-state index contributed by atoms with van der Waals surface area (Å²) in [5.74, 6) is -4.82. The number of carbonyl (C=O) groups is 5. The second-order valence-corrected chi connectivity index (χ2v) is 13.0. The van der Waals surface area contributed by atoms with E-state index in [1.807, 2.05) is 0 Å². The van der Waals surface area contributed by atoms with Crippen LogP contribution in [0.25, 0.3) is 0 Å². The van der Waals surface area contributed by atoms with Gasteiger partial charge in [0, 0.05) is 58.8 Å². The summed E-state index contributed by atoms with van der Waals surface area (Å²) in [5, 5.41) is 24.4. The molecule has 13 heteroatoms. The third-order valence-electron chi connectivity index (χ3n) is 9.97. The van der Waals surface area contributed by atoms with Crippen molar-refractivity contribution in [1.82, 2.24) is 0 Å². The van der Waals surface area contributed by atoms with Crippen molar-refractivity contribution in [3.63, 3.8) is 0 Å². The van der Waals surface area contributed by atoms with Gasteiger partial charge in [0.2, 0.25) is 0 Å². The number of carbonyl (C=O) groups excluding carboxylic acids is 5. The van der Waals surface area contributed by atoms with E-state index in [2.05, 4.69) is 0 Å². The second kappa shape index (κ2) is 10.8. The highest BCUT2D eigenvalue weighted by atomic mass is 16.6. The van der Waals surface area contributed by atoms with E-state index >= 15 is 0 Å². The van der Waals surface area contributed by atoms with Crippen LogP contribution in [-0.2, 0) is 52.4 Å². The SMILES string of the molecule is CC(=O)O[C@H]1C[C@@]2(O)[C@@H](OC(C)=O)[C@H]3[C@]4(CO4)[C@@H](O)C[C@@H](OC(C)=O)[C@@]3(C)[C@@H](OC(C)=O)[C@@H](OC(C)=O)C(=C1C)C2(C)C. The molecule has 0 aromatic heterocycles. The lowest BCUT2D eigenvalue weighted by Crippen LogP contribution is -2.76. The molecular formula is C30H42O13. The predicted octanol–water partition coefficient (Wildman–Crippen LogP) is 1.29. The molecule has 2 N–H and O–H groups in total. The van der Waals surface area contributed by atoms with Crippen LogP contribution in [0.15, 0.2) is 11.1 Å². The fourth-order valence-corrected chi connectivity index (χ4v) is 8.10. The lowest BCUT2D eigenvalue weighted by atomic mass is 9.45. The molecule has 1 aliphatic heterocycles. The molecule has 2 bridgehead atoms. The Morgan fingerprint density at radius 2 is 1.28 bits per heavy atom. The maximum Gasteiger partial charge on any atom is 0.303 e. The van der Waals surface area contributed by atoms with Crippen LogP contribution in [0, 0.1) is 16.7 Å². The molecule has 0 amide bonds. The minimum atomic E-state index is -2.05. The van der Waals surface area contributed by atoms with Crippen molar-refractivity contribution >= 4 is 29.8 Å². The first kappa shape index (κ1) is 32.9. The van der Waals surface area contributed by atoms with Crippen LogP contribution in [0.1, 0.15) is 75.2 Å². The third kappa shape index (κ3) is 5.12. The number of ether oxygens (including phenoxy) is 6. The standard InChI is InChI=1S/C30H42O13/c1-13-19(39-14(2)31)11-30(37)26(43-18(6)35)24-28(9,21(40-15(3)32)10-20(36)29(24)12-38-29)25(42-17(5)34)23(41-16(4)33)22(13)27(30,7)8/h19-21,23-26,36-37H,10-12H2,1-9H3/t19-,20-,21+,23-,24+,25-,26-,28+,29-,30+/m0/s1. The normalized spacial score (nSPS) is 41.1. The van der Waals surface area contributed by atoms with Gasteiger partial charge in [0.1, 0.15) is 29.5 Å². The minimum absolute atomic E-state index is 0.0182. The Hall–Kier alpha value is -3.03. The quantitative estimate of drug-likeness (QED) is 0.197. The number of aliphatic hydroxyl groups excluding tert-OH is 1. The van der Waals surface area contributed by atoms with Gasteiger partial charge in [-0.15, -0.1) is 0 Å². The molecule has 0 aromatic carbocycles. The molecule has 3 aliphatic carbocycles. The maximum atomic E-state index is 12.9. The van der Waals surface area contributed by atoms with Crippen molar-refractivity contribution in [3.05, 3.63) is 11.1 Å². The lowest BCUT2D eigenvalue weighted by Gasteiger charge is -2.64. The number of epoxide rings is 1. The van der Waals surface area contributed by atoms with Gasteiger partial charge < -0.3 is 38.6 Å². The van der Waals surface area contributed by atoms with Crippen molar-refractivity contribution in [2.24, 2.45) is 16.7 Å². The smallest absolute Gasteiger partial charge is 0.303 e. The molecule has 240 valence electrons. The van der Waals surface area contributed by atoms with Crippen LogP contribution in [0.2, 0.25) is 0 Å². The zero-order valence-electron chi connectivity index (χ0n) is 26.0. The highest BCUT2D eigenvalue weighted by Gasteiger charge is 2.79. The maximum absolute atomic E-state index is 12.9. The van der Waals surface area contributed by atoms with E-state index in [1.54, 1.807) is 27.7 Å². The molecule has 13 nitrogen and oxygen atoms in total. The van der Waals surface area contributed by atoms with Crippen molar-refractivity contribution < 1.29 is 62.6 Å². The predicted molar refractivity (Wildman–Crippen MR) is 145 cm³/mol. The average Bonchev–Trinajstić information content (AvgIpc) is 3.63. The van der Waals surface area contributed by atoms with Crippen molar-refractivity contribution in [2.75, 3.05) is 6.61 Å². The minimum Gasteiger partial charge on any atom is -0.462 e. The summed E-state index contributed by atoms with van der Waals surface area (Å²) in [6.45, 7) is 12.5. The second-order valence-electron chi connectivity index (χ2n) is 13.0. The zero-order valence-corrected chi connectivity index (χ0v) is 26.0. The summed E-state index contributed by atoms with van der Waals surface area (Å²) in [6.07, 6.45) is -8.19. The van der Waals surface area contributed by atoms with Gasteiger partial charge in [-0.2, -0.15) is 0 Å². The first-order valence-electron chi connectivity index (χ1n) is 14.4. The van der Waals surface area contributed by atoms with Gasteiger partial charge in [0.15, 0.2) is 12.2 Å². The van der Waals surface area contributed by atoms with E-state index in [4.69, 9.17) is 28.4 Å². The molecule has 0 unspecified atom stereocenters. The molecule has 1 saturated heterocycles. The van der Waals surface area contributed by atoms with Crippen molar-refractivity contribution in [1.29, 1.82) is 0 Å². The number of hydrogen-bond acceptors (Lipinski definition) is 13. The number of rotatable bonds is 5. The molecular weight excluding hydrogens is 568 g/mol. The fraction of sp³-hybridized carbons (Fsp3) is 0.767. The molecule has 4 rings (SSSR count). The van der Waals surface area contributed by atoms with Crippen molar-refractivity contribution in [2.45, 2.75) is 123 Å². The molecule has 3 fully saturated rings. The van der Waals surface area contributed by atoms with E-state index in [0.717, 1.165) is 6.92 Å². The largest absolute Gasteiger partial charge is 0.462 e. The summed E-state index contributed by atoms with van der Waals surface area (Å²) in [7, 11) is 0. The highest BCUT2D eigenvalue weighted by Crippen LogP contribution is 2.66. The number of esters is 5. The Balaban J connectivity index is 2.19. The summed E-state index contributed by atoms with van der Waals surface area (Å²) < 4.78 is 35.3. The molecule has 4 aliphatic rings. The van der Waals surface area contributed by atoms with Crippen molar-refractivity contribution in [3.8, 4) is 0 Å². The molecule has 0 radical (unpaired) electrons. The van der Waals surface area contributed by atoms with Gasteiger partial charge in [-0.3, -0.25) is 24.0 Å². The van der Waals surface area contributed by atoms with Crippen LogP contribution in [0.3, 0.4) is 0 Å². The Morgan fingerprint density at radius 3 is 1.74 bits per heavy atom. The van der Waals surface area contributed by atoms with Gasteiger partial charge >= 0.3 is 29.8 Å². The van der Waals surface area contributed by atoms with E-state index < -0.39 is 94.4 Å². The molecule has 10 atom stereocenters. The van der Waals surface area contributed by atoms with Gasteiger partial charge in [0.25, 0.3) is 0 Å². The third-order valence-corrected chi connectivity index (χ3v) is 9.97. The van der Waals surface area contributed by atoms with E-state index in [9.17, 15) is 34.2 Å². The van der Waals surface area contributed by atoms with E-state index in [-0.39, 0.29) is 25.0 Å².